The molecule has 0 atom stereocenters. The van der Waals surface area contributed by atoms with Crippen molar-refractivity contribution in [3.63, 3.8) is 0 Å². The Morgan fingerprint density at radius 3 is 2.68 bits per heavy atom. The zero-order valence-electron chi connectivity index (χ0n) is 12.4. The van der Waals surface area contributed by atoms with Crippen LogP contribution in [-0.2, 0) is 11.2 Å². The van der Waals surface area contributed by atoms with Crippen molar-refractivity contribution in [3.05, 3.63) is 53.6 Å². The predicted octanol–water partition coefficient (Wildman–Crippen LogP) is 2.25. The molecule has 5 nitrogen and oxygen atoms in total. The first-order chi connectivity index (χ1) is 10.6. The number of amides is 1. The molecular weight excluding hydrogens is 282 g/mol. The summed E-state index contributed by atoms with van der Waals surface area (Å²) in [5.74, 6) is 0.583. The average Bonchev–Trinajstić information content (AvgIpc) is 2.49. The smallest absolute Gasteiger partial charge is 0.228 e. The van der Waals surface area contributed by atoms with Crippen molar-refractivity contribution in [1.29, 1.82) is 0 Å². The van der Waals surface area contributed by atoms with Crippen LogP contribution in [0.25, 0.3) is 0 Å². The molecule has 5 heteroatoms. The fourth-order valence-corrected chi connectivity index (χ4v) is 2.08. The minimum atomic E-state index is -0.204. The fraction of sp³-hybridized carbons (Fsp3) is 0.235. The summed E-state index contributed by atoms with van der Waals surface area (Å²) in [6, 6.07) is 12.1. The Morgan fingerprint density at radius 1 is 1.23 bits per heavy atom. The van der Waals surface area contributed by atoms with Gasteiger partial charge in [0.25, 0.3) is 0 Å². The number of rotatable bonds is 6. The number of aliphatic hydroxyl groups excluding tert-OH is 1. The number of anilines is 1. The highest BCUT2D eigenvalue weighted by Gasteiger charge is 2.08. The first-order valence-electron chi connectivity index (χ1n) is 7.01. The zero-order valence-corrected chi connectivity index (χ0v) is 12.4. The molecule has 0 saturated heterocycles. The monoisotopic (exact) mass is 301 g/mol. The van der Waals surface area contributed by atoms with Crippen LogP contribution < -0.4 is 10.1 Å². The van der Waals surface area contributed by atoms with Gasteiger partial charge in [0.15, 0.2) is 0 Å². The molecule has 0 spiro atoms. The maximum atomic E-state index is 12.0. The van der Waals surface area contributed by atoms with Crippen LogP contribution in [0.4, 0.5) is 5.69 Å². The molecule has 0 unspecified atom stereocenters. The van der Waals surface area contributed by atoms with Gasteiger partial charge in [-0.25, -0.2) is 0 Å². The van der Waals surface area contributed by atoms with Gasteiger partial charge in [0.05, 0.1) is 13.0 Å². The molecule has 0 bridgehead atoms. The highest BCUT2D eigenvalue weighted by atomic mass is 16.5. The molecule has 0 fully saturated rings. The summed E-state index contributed by atoms with van der Waals surface area (Å²) in [5.41, 5.74) is 2.11. The SMILES string of the molecule is Cc1cc(NC(=O)Cc2ccccc2O)ccc1OCCO. The van der Waals surface area contributed by atoms with Crippen molar-refractivity contribution in [2.45, 2.75) is 13.3 Å². The summed E-state index contributed by atoms with van der Waals surface area (Å²) < 4.78 is 5.36. The van der Waals surface area contributed by atoms with Gasteiger partial charge in [-0.2, -0.15) is 0 Å². The third kappa shape index (κ3) is 4.23. The molecule has 1 amide bonds. The van der Waals surface area contributed by atoms with Crippen molar-refractivity contribution in [3.8, 4) is 11.5 Å². The van der Waals surface area contributed by atoms with Crippen LogP contribution in [0.3, 0.4) is 0 Å². The van der Waals surface area contributed by atoms with Crippen LogP contribution in [0.1, 0.15) is 11.1 Å². The molecule has 0 saturated carbocycles. The first-order valence-corrected chi connectivity index (χ1v) is 7.01. The molecule has 2 aromatic carbocycles. The van der Waals surface area contributed by atoms with Gasteiger partial charge in [-0.05, 0) is 36.8 Å². The topological polar surface area (TPSA) is 78.8 Å². The Kier molecular flexibility index (Phi) is 5.38. The van der Waals surface area contributed by atoms with Crippen molar-refractivity contribution >= 4 is 11.6 Å². The quantitative estimate of drug-likeness (QED) is 0.764. The van der Waals surface area contributed by atoms with Crippen LogP contribution in [0.2, 0.25) is 0 Å². The van der Waals surface area contributed by atoms with Gasteiger partial charge >= 0.3 is 0 Å². The molecule has 0 aromatic heterocycles. The fourth-order valence-electron chi connectivity index (χ4n) is 2.08. The van der Waals surface area contributed by atoms with E-state index in [-0.39, 0.29) is 31.3 Å². The number of phenolic OH excluding ortho intramolecular Hbond substituents is 1. The lowest BCUT2D eigenvalue weighted by Crippen LogP contribution is -2.14. The number of hydrogen-bond acceptors (Lipinski definition) is 4. The van der Waals surface area contributed by atoms with Crippen molar-refractivity contribution in [2.75, 3.05) is 18.5 Å². The van der Waals surface area contributed by atoms with Crippen LogP contribution in [0.15, 0.2) is 42.5 Å². The van der Waals surface area contributed by atoms with Gasteiger partial charge in [0.2, 0.25) is 5.91 Å². The van der Waals surface area contributed by atoms with E-state index >= 15 is 0 Å². The lowest BCUT2D eigenvalue weighted by molar-refractivity contribution is -0.115. The molecule has 116 valence electrons. The highest BCUT2D eigenvalue weighted by molar-refractivity contribution is 5.92. The molecule has 0 aliphatic carbocycles. The van der Waals surface area contributed by atoms with E-state index in [1.165, 1.54) is 0 Å². The summed E-state index contributed by atoms with van der Waals surface area (Å²) in [6.07, 6.45) is 0.106. The third-order valence-electron chi connectivity index (χ3n) is 3.15. The third-order valence-corrected chi connectivity index (χ3v) is 3.15. The largest absolute Gasteiger partial charge is 0.508 e. The van der Waals surface area contributed by atoms with E-state index in [2.05, 4.69) is 5.32 Å². The van der Waals surface area contributed by atoms with Crippen LogP contribution in [-0.4, -0.2) is 29.3 Å². The van der Waals surface area contributed by atoms with E-state index in [1.54, 1.807) is 42.5 Å². The Bertz CT molecular complexity index is 655. The zero-order chi connectivity index (χ0) is 15.9. The van der Waals surface area contributed by atoms with E-state index in [0.717, 1.165) is 5.56 Å². The summed E-state index contributed by atoms with van der Waals surface area (Å²) in [7, 11) is 0. The second kappa shape index (κ2) is 7.47. The number of nitrogens with one attached hydrogen (secondary N) is 1. The molecule has 22 heavy (non-hydrogen) atoms. The second-order valence-electron chi connectivity index (χ2n) is 4.91. The van der Waals surface area contributed by atoms with E-state index in [4.69, 9.17) is 9.84 Å². The number of aryl methyl sites for hydroxylation is 1. The summed E-state index contributed by atoms with van der Waals surface area (Å²) in [6.45, 7) is 2.06. The second-order valence-corrected chi connectivity index (χ2v) is 4.91. The maximum Gasteiger partial charge on any atom is 0.228 e. The van der Waals surface area contributed by atoms with Gasteiger partial charge in [-0.15, -0.1) is 0 Å². The molecule has 0 radical (unpaired) electrons. The number of phenols is 1. The first kappa shape index (κ1) is 15.9. The van der Waals surface area contributed by atoms with Gasteiger partial charge in [-0.3, -0.25) is 4.79 Å². The highest BCUT2D eigenvalue weighted by Crippen LogP contribution is 2.22. The number of benzene rings is 2. The number of carbonyl (C=O) groups excluding carboxylic acids is 1. The molecule has 0 aliphatic rings. The normalized spacial score (nSPS) is 10.3. The van der Waals surface area contributed by atoms with Gasteiger partial charge in [-0.1, -0.05) is 18.2 Å². The minimum Gasteiger partial charge on any atom is -0.508 e. The maximum absolute atomic E-state index is 12.0. The average molecular weight is 301 g/mol. The Morgan fingerprint density at radius 2 is 2.00 bits per heavy atom. The minimum absolute atomic E-state index is 0.0432. The number of aliphatic hydroxyl groups is 1. The van der Waals surface area contributed by atoms with E-state index < -0.39 is 0 Å². The summed E-state index contributed by atoms with van der Waals surface area (Å²) in [5, 5.41) is 21.2. The lowest BCUT2D eigenvalue weighted by atomic mass is 10.1. The number of hydrogen-bond donors (Lipinski definition) is 3. The Balaban J connectivity index is 2.00. The Hall–Kier alpha value is -2.53. The van der Waals surface area contributed by atoms with Crippen LogP contribution >= 0.6 is 0 Å². The number of ether oxygens (including phenoxy) is 1. The van der Waals surface area contributed by atoms with Crippen molar-refractivity contribution in [2.24, 2.45) is 0 Å². The number of para-hydroxylation sites is 1. The number of carbonyl (C=O) groups is 1. The van der Waals surface area contributed by atoms with E-state index in [0.29, 0.717) is 17.0 Å². The van der Waals surface area contributed by atoms with Crippen LogP contribution in [0.5, 0.6) is 11.5 Å². The Labute approximate surface area is 129 Å². The van der Waals surface area contributed by atoms with Gasteiger partial charge in [0, 0.05) is 11.3 Å². The van der Waals surface area contributed by atoms with Gasteiger partial charge < -0.3 is 20.3 Å². The van der Waals surface area contributed by atoms with Crippen LogP contribution in [0, 0.1) is 6.92 Å². The lowest BCUT2D eigenvalue weighted by Gasteiger charge is -2.11. The van der Waals surface area contributed by atoms with Gasteiger partial charge in [0.1, 0.15) is 18.1 Å². The standard InChI is InChI=1S/C17H19NO4/c1-12-10-14(6-7-16(12)22-9-8-19)18-17(21)11-13-4-2-3-5-15(13)20/h2-7,10,19-20H,8-9,11H2,1H3,(H,18,21). The van der Waals surface area contributed by atoms with E-state index in [1.807, 2.05) is 6.92 Å². The molecule has 3 N–H and O–H groups in total. The molecular formula is C17H19NO4. The molecule has 2 aromatic rings. The van der Waals surface area contributed by atoms with Crippen molar-refractivity contribution < 1.29 is 19.7 Å². The van der Waals surface area contributed by atoms with Crippen molar-refractivity contribution in [1.82, 2.24) is 0 Å². The summed E-state index contributed by atoms with van der Waals surface area (Å²) in [4.78, 5) is 12.0. The summed E-state index contributed by atoms with van der Waals surface area (Å²) >= 11 is 0. The predicted molar refractivity (Wildman–Crippen MR) is 84.2 cm³/mol. The number of aromatic hydroxyl groups is 1. The van der Waals surface area contributed by atoms with E-state index in [9.17, 15) is 9.90 Å². The molecule has 0 aliphatic heterocycles. The molecule has 2 rings (SSSR count). The molecule has 0 heterocycles.